The number of nitrogens with two attached hydrogens (primary N) is 1. The molecule has 0 atom stereocenters. The van der Waals surface area contributed by atoms with Crippen LogP contribution < -0.4 is 21.7 Å². The first kappa shape index (κ1) is 14.0. The molecule has 0 saturated carbocycles. The quantitative estimate of drug-likeness (QED) is 0.607. The molecule has 0 bridgehead atoms. The second-order valence-electron chi connectivity index (χ2n) is 4.38. The van der Waals surface area contributed by atoms with Gasteiger partial charge in [-0.05, 0) is 13.0 Å². The van der Waals surface area contributed by atoms with Crippen LogP contribution in [0.5, 0.6) is 0 Å². The van der Waals surface area contributed by atoms with E-state index in [1.807, 2.05) is 24.9 Å². The molecular formula is C13H18N6O. The molecule has 0 aromatic carbocycles. The normalized spacial score (nSPS) is 10.3. The fourth-order valence-electron chi connectivity index (χ4n) is 1.79. The van der Waals surface area contributed by atoms with Crippen LogP contribution in [-0.2, 0) is 6.54 Å². The van der Waals surface area contributed by atoms with Gasteiger partial charge in [0, 0.05) is 31.4 Å². The van der Waals surface area contributed by atoms with Crippen molar-refractivity contribution >= 4 is 11.5 Å². The van der Waals surface area contributed by atoms with Crippen molar-refractivity contribution < 1.29 is 0 Å². The summed E-state index contributed by atoms with van der Waals surface area (Å²) in [5.41, 5.74) is 3.96. The highest BCUT2D eigenvalue weighted by atomic mass is 16.1. The van der Waals surface area contributed by atoms with E-state index >= 15 is 0 Å². The third-order valence-corrected chi connectivity index (χ3v) is 3.12. The molecule has 0 aliphatic rings. The van der Waals surface area contributed by atoms with Gasteiger partial charge in [-0.2, -0.15) is 5.10 Å². The van der Waals surface area contributed by atoms with Crippen molar-refractivity contribution in [1.29, 1.82) is 0 Å². The van der Waals surface area contributed by atoms with Gasteiger partial charge in [0.25, 0.3) is 5.56 Å². The predicted octanol–water partition coefficient (Wildman–Crippen LogP) is 0.428. The number of nitrogen functional groups attached to an aromatic ring is 1. The molecule has 20 heavy (non-hydrogen) atoms. The van der Waals surface area contributed by atoms with Crippen molar-refractivity contribution in [2.75, 3.05) is 23.9 Å². The van der Waals surface area contributed by atoms with Crippen LogP contribution in [0, 0.1) is 0 Å². The Kier molecular flexibility index (Phi) is 4.31. The van der Waals surface area contributed by atoms with E-state index in [4.69, 9.17) is 5.84 Å². The smallest absolute Gasteiger partial charge is 0.269 e. The Morgan fingerprint density at radius 1 is 1.50 bits per heavy atom. The van der Waals surface area contributed by atoms with Crippen LogP contribution in [0.3, 0.4) is 0 Å². The van der Waals surface area contributed by atoms with Crippen molar-refractivity contribution in [3.8, 4) is 0 Å². The fraction of sp³-hybridized carbons (Fsp3) is 0.308. The van der Waals surface area contributed by atoms with Gasteiger partial charge in [-0.25, -0.2) is 15.5 Å². The molecule has 0 fully saturated rings. The first-order chi connectivity index (χ1) is 9.65. The SMILES string of the molecule is CCN(C)c1cnn(Cc2cccnc2NN)c(=O)c1. The molecule has 2 aromatic rings. The van der Waals surface area contributed by atoms with Crippen LogP contribution >= 0.6 is 0 Å². The molecule has 2 rings (SSSR count). The van der Waals surface area contributed by atoms with E-state index in [0.717, 1.165) is 17.8 Å². The maximum absolute atomic E-state index is 12.1. The summed E-state index contributed by atoms with van der Waals surface area (Å²) >= 11 is 0. The maximum Gasteiger partial charge on any atom is 0.269 e. The topological polar surface area (TPSA) is 89.1 Å². The Morgan fingerprint density at radius 3 is 2.95 bits per heavy atom. The summed E-state index contributed by atoms with van der Waals surface area (Å²) in [4.78, 5) is 18.1. The zero-order valence-electron chi connectivity index (χ0n) is 11.6. The molecule has 0 aliphatic heterocycles. The standard InChI is InChI=1S/C13H18N6O/c1-3-18(2)11-7-12(20)19(16-8-11)9-10-5-4-6-15-13(10)17-14/h4-8H,3,9,14H2,1-2H3,(H,15,17). The molecule has 0 saturated heterocycles. The minimum absolute atomic E-state index is 0.158. The molecule has 2 heterocycles. The van der Waals surface area contributed by atoms with Crippen molar-refractivity contribution in [3.63, 3.8) is 0 Å². The van der Waals surface area contributed by atoms with Gasteiger partial charge in [-0.15, -0.1) is 0 Å². The van der Waals surface area contributed by atoms with Crippen molar-refractivity contribution in [1.82, 2.24) is 14.8 Å². The van der Waals surface area contributed by atoms with Gasteiger partial charge in [0.15, 0.2) is 0 Å². The van der Waals surface area contributed by atoms with E-state index in [1.54, 1.807) is 24.5 Å². The number of nitrogens with zero attached hydrogens (tertiary/aromatic N) is 4. The fourth-order valence-corrected chi connectivity index (χ4v) is 1.79. The van der Waals surface area contributed by atoms with E-state index in [0.29, 0.717) is 12.4 Å². The lowest BCUT2D eigenvalue weighted by atomic mass is 10.2. The van der Waals surface area contributed by atoms with Crippen LogP contribution in [0.1, 0.15) is 12.5 Å². The summed E-state index contributed by atoms with van der Waals surface area (Å²) in [6, 6.07) is 5.21. The molecule has 7 heteroatoms. The molecule has 0 radical (unpaired) electrons. The summed E-state index contributed by atoms with van der Waals surface area (Å²) in [6.07, 6.45) is 3.31. The lowest BCUT2D eigenvalue weighted by Gasteiger charge is -2.16. The zero-order chi connectivity index (χ0) is 14.5. The number of hydrogen-bond acceptors (Lipinski definition) is 6. The first-order valence-corrected chi connectivity index (χ1v) is 6.34. The molecule has 7 nitrogen and oxygen atoms in total. The average Bonchev–Trinajstić information content (AvgIpc) is 2.49. The van der Waals surface area contributed by atoms with E-state index in [1.165, 1.54) is 4.68 Å². The lowest BCUT2D eigenvalue weighted by Crippen LogP contribution is -2.26. The van der Waals surface area contributed by atoms with Crippen LogP contribution in [0.15, 0.2) is 35.4 Å². The molecular weight excluding hydrogens is 256 g/mol. The molecule has 0 spiro atoms. The highest BCUT2D eigenvalue weighted by Crippen LogP contribution is 2.11. The summed E-state index contributed by atoms with van der Waals surface area (Å²) in [5, 5.41) is 4.18. The third-order valence-electron chi connectivity index (χ3n) is 3.12. The molecule has 3 N–H and O–H groups in total. The van der Waals surface area contributed by atoms with E-state index in [-0.39, 0.29) is 5.56 Å². The van der Waals surface area contributed by atoms with Gasteiger partial charge in [-0.3, -0.25) is 4.79 Å². The number of hydrogen-bond donors (Lipinski definition) is 2. The summed E-state index contributed by atoms with van der Waals surface area (Å²) in [5.74, 6) is 5.94. The Hall–Kier alpha value is -2.41. The van der Waals surface area contributed by atoms with Crippen molar-refractivity contribution in [2.45, 2.75) is 13.5 Å². The Labute approximate surface area is 117 Å². The first-order valence-electron chi connectivity index (χ1n) is 6.34. The van der Waals surface area contributed by atoms with Gasteiger partial charge in [0.05, 0.1) is 18.4 Å². The summed E-state index contributed by atoms with van der Waals surface area (Å²) in [7, 11) is 1.92. The highest BCUT2D eigenvalue weighted by molar-refractivity contribution is 5.43. The Bertz CT molecular complexity index is 639. The summed E-state index contributed by atoms with van der Waals surface area (Å²) < 4.78 is 1.38. The van der Waals surface area contributed by atoms with E-state index in [9.17, 15) is 4.79 Å². The van der Waals surface area contributed by atoms with Crippen LogP contribution in [0.4, 0.5) is 11.5 Å². The van der Waals surface area contributed by atoms with Crippen molar-refractivity contribution in [2.24, 2.45) is 5.84 Å². The number of aromatic nitrogens is 3. The van der Waals surface area contributed by atoms with E-state index < -0.39 is 0 Å². The highest BCUT2D eigenvalue weighted by Gasteiger charge is 2.07. The Balaban J connectivity index is 2.28. The molecule has 0 aliphatic carbocycles. The minimum Gasteiger partial charge on any atom is -0.373 e. The number of anilines is 2. The van der Waals surface area contributed by atoms with Crippen LogP contribution in [0.25, 0.3) is 0 Å². The number of hydrazine groups is 1. The average molecular weight is 274 g/mol. The molecule has 0 amide bonds. The van der Waals surface area contributed by atoms with Gasteiger partial charge >= 0.3 is 0 Å². The van der Waals surface area contributed by atoms with E-state index in [2.05, 4.69) is 15.5 Å². The molecule has 106 valence electrons. The van der Waals surface area contributed by atoms with Crippen LogP contribution in [-0.4, -0.2) is 28.4 Å². The van der Waals surface area contributed by atoms with Gasteiger partial charge in [-0.1, -0.05) is 6.07 Å². The largest absolute Gasteiger partial charge is 0.373 e. The second-order valence-corrected chi connectivity index (χ2v) is 4.38. The van der Waals surface area contributed by atoms with Crippen molar-refractivity contribution in [3.05, 3.63) is 46.5 Å². The predicted molar refractivity (Wildman–Crippen MR) is 78.6 cm³/mol. The van der Waals surface area contributed by atoms with Gasteiger partial charge in [0.2, 0.25) is 0 Å². The lowest BCUT2D eigenvalue weighted by molar-refractivity contribution is 0.637. The summed E-state index contributed by atoms with van der Waals surface area (Å²) in [6.45, 7) is 3.15. The monoisotopic (exact) mass is 274 g/mol. The van der Waals surface area contributed by atoms with Crippen LogP contribution in [0.2, 0.25) is 0 Å². The maximum atomic E-state index is 12.1. The second kappa shape index (κ2) is 6.16. The third kappa shape index (κ3) is 2.94. The Morgan fingerprint density at radius 2 is 2.30 bits per heavy atom. The zero-order valence-corrected chi connectivity index (χ0v) is 11.6. The number of pyridine rings is 1. The molecule has 0 unspecified atom stereocenters. The molecule has 2 aromatic heterocycles. The van der Waals surface area contributed by atoms with Gasteiger partial charge in [0.1, 0.15) is 5.82 Å². The number of nitrogens with one attached hydrogen (secondary N) is 1. The van der Waals surface area contributed by atoms with Gasteiger partial charge < -0.3 is 10.3 Å². The minimum atomic E-state index is -0.158. The number of rotatable bonds is 5.